The van der Waals surface area contributed by atoms with Crippen LogP contribution in [-0.2, 0) is 4.74 Å². The number of ether oxygens (including phenoxy) is 1. The van der Waals surface area contributed by atoms with Crippen molar-refractivity contribution in [3.63, 3.8) is 0 Å². The molecule has 0 atom stereocenters. The molecule has 0 saturated carbocycles. The number of halogens is 1. The van der Waals surface area contributed by atoms with E-state index in [4.69, 9.17) is 10.5 Å². The summed E-state index contributed by atoms with van der Waals surface area (Å²) >= 11 is 0. The number of rotatable bonds is 7. The van der Waals surface area contributed by atoms with Crippen LogP contribution >= 0.6 is 0 Å². The molecule has 1 aromatic rings. The highest BCUT2D eigenvalue weighted by atomic mass is 19.1. The minimum absolute atomic E-state index is 0.137. The number of nitrogens with one attached hydrogen (secondary N) is 1. The van der Waals surface area contributed by atoms with Gasteiger partial charge in [0.25, 0.3) is 5.91 Å². The van der Waals surface area contributed by atoms with E-state index in [0.717, 1.165) is 12.5 Å². The maximum Gasteiger partial charge on any atom is 0.253 e. The molecule has 3 N–H and O–H groups in total. The third-order valence-corrected chi connectivity index (χ3v) is 2.63. The number of hydrogen-bond donors (Lipinski definition) is 2. The van der Waals surface area contributed by atoms with Crippen molar-refractivity contribution in [1.29, 1.82) is 0 Å². The van der Waals surface area contributed by atoms with Gasteiger partial charge in [0.15, 0.2) is 0 Å². The van der Waals surface area contributed by atoms with Gasteiger partial charge in [0, 0.05) is 18.8 Å². The number of nitrogen functional groups attached to an aromatic ring is 1. The quantitative estimate of drug-likeness (QED) is 0.588. The number of benzene rings is 1. The predicted octanol–water partition coefficient (Wildman–Crippen LogP) is 2.20. The first kappa shape index (κ1) is 15.4. The fourth-order valence-electron chi connectivity index (χ4n) is 1.49. The molecule has 0 fully saturated rings. The number of nitrogens with two attached hydrogens (primary N) is 1. The zero-order valence-electron chi connectivity index (χ0n) is 11.4. The summed E-state index contributed by atoms with van der Waals surface area (Å²) in [5, 5.41) is 2.68. The second-order valence-corrected chi connectivity index (χ2v) is 4.78. The van der Waals surface area contributed by atoms with Crippen molar-refractivity contribution < 1.29 is 13.9 Å². The van der Waals surface area contributed by atoms with Gasteiger partial charge in [-0.1, -0.05) is 13.8 Å². The highest BCUT2D eigenvalue weighted by Crippen LogP contribution is 2.12. The van der Waals surface area contributed by atoms with Gasteiger partial charge in [0.2, 0.25) is 0 Å². The number of amides is 1. The predicted molar refractivity (Wildman–Crippen MR) is 73.4 cm³/mol. The zero-order chi connectivity index (χ0) is 14.3. The average Bonchev–Trinajstić information content (AvgIpc) is 2.32. The summed E-state index contributed by atoms with van der Waals surface area (Å²) < 4.78 is 18.2. The Bertz CT molecular complexity index is 422. The summed E-state index contributed by atoms with van der Waals surface area (Å²) in [4.78, 5) is 11.7. The fourth-order valence-corrected chi connectivity index (χ4v) is 1.49. The highest BCUT2D eigenvalue weighted by Gasteiger charge is 2.09. The Balaban J connectivity index is 2.28. The molecule has 0 spiro atoms. The molecule has 0 unspecified atom stereocenters. The summed E-state index contributed by atoms with van der Waals surface area (Å²) in [6, 6.07) is 3.72. The fraction of sp³-hybridized carbons (Fsp3) is 0.500. The molecule has 0 aromatic heterocycles. The van der Waals surface area contributed by atoms with Gasteiger partial charge in [0.1, 0.15) is 5.82 Å². The van der Waals surface area contributed by atoms with E-state index in [1.807, 2.05) is 0 Å². The van der Waals surface area contributed by atoms with Crippen LogP contribution in [0.3, 0.4) is 0 Å². The first-order chi connectivity index (χ1) is 9.00. The standard InChI is InChI=1S/C14H21FN2O2/c1-10(2)5-7-19-8-6-17-14(18)12-4-3-11(15)9-13(12)16/h3-4,9-10H,5-8,16H2,1-2H3,(H,17,18). The van der Waals surface area contributed by atoms with Crippen LogP contribution in [-0.4, -0.2) is 25.7 Å². The number of carbonyl (C=O) groups excluding carboxylic acids is 1. The van der Waals surface area contributed by atoms with Gasteiger partial charge in [-0.25, -0.2) is 4.39 Å². The molecule has 0 aliphatic carbocycles. The molecular weight excluding hydrogens is 247 g/mol. The average molecular weight is 268 g/mol. The van der Waals surface area contributed by atoms with Crippen LogP contribution in [0, 0.1) is 11.7 Å². The van der Waals surface area contributed by atoms with Crippen LogP contribution in [0.5, 0.6) is 0 Å². The first-order valence-electron chi connectivity index (χ1n) is 6.41. The molecule has 0 heterocycles. The van der Waals surface area contributed by atoms with Gasteiger partial charge in [-0.2, -0.15) is 0 Å². The van der Waals surface area contributed by atoms with E-state index >= 15 is 0 Å². The summed E-state index contributed by atoms with van der Waals surface area (Å²) in [7, 11) is 0. The van der Waals surface area contributed by atoms with Crippen molar-refractivity contribution in [3.05, 3.63) is 29.6 Å². The topological polar surface area (TPSA) is 64.3 Å². The molecule has 1 aromatic carbocycles. The van der Waals surface area contributed by atoms with Crippen molar-refractivity contribution in [2.45, 2.75) is 20.3 Å². The molecular formula is C14H21FN2O2. The Kier molecular flexibility index (Phi) is 6.29. The lowest BCUT2D eigenvalue weighted by Gasteiger charge is -2.09. The van der Waals surface area contributed by atoms with Crippen molar-refractivity contribution in [2.24, 2.45) is 5.92 Å². The highest BCUT2D eigenvalue weighted by molar-refractivity contribution is 5.99. The number of anilines is 1. The summed E-state index contributed by atoms with van der Waals surface area (Å²) in [6.07, 6.45) is 0.999. The monoisotopic (exact) mass is 268 g/mol. The molecule has 19 heavy (non-hydrogen) atoms. The van der Waals surface area contributed by atoms with Gasteiger partial charge in [-0.3, -0.25) is 4.79 Å². The Morgan fingerprint density at radius 3 is 2.79 bits per heavy atom. The third-order valence-electron chi connectivity index (χ3n) is 2.63. The molecule has 106 valence electrons. The Hall–Kier alpha value is -1.62. The van der Waals surface area contributed by atoms with Gasteiger partial charge >= 0.3 is 0 Å². The van der Waals surface area contributed by atoms with E-state index in [-0.39, 0.29) is 17.2 Å². The Labute approximate surface area is 113 Å². The van der Waals surface area contributed by atoms with Crippen LogP contribution in [0.15, 0.2) is 18.2 Å². The Morgan fingerprint density at radius 1 is 1.42 bits per heavy atom. The van der Waals surface area contributed by atoms with Crippen molar-refractivity contribution in [2.75, 3.05) is 25.5 Å². The molecule has 1 amide bonds. The molecule has 0 radical (unpaired) electrons. The smallest absolute Gasteiger partial charge is 0.253 e. The van der Waals surface area contributed by atoms with Crippen LogP contribution in [0.2, 0.25) is 0 Å². The molecule has 1 rings (SSSR count). The zero-order valence-corrected chi connectivity index (χ0v) is 11.4. The van der Waals surface area contributed by atoms with E-state index in [9.17, 15) is 9.18 Å². The van der Waals surface area contributed by atoms with E-state index in [0.29, 0.717) is 25.7 Å². The third kappa shape index (κ3) is 5.70. The van der Waals surface area contributed by atoms with Crippen molar-refractivity contribution >= 4 is 11.6 Å². The minimum atomic E-state index is -0.453. The number of hydrogen-bond acceptors (Lipinski definition) is 3. The van der Waals surface area contributed by atoms with Crippen LogP contribution < -0.4 is 11.1 Å². The maximum absolute atomic E-state index is 12.8. The van der Waals surface area contributed by atoms with E-state index in [2.05, 4.69) is 19.2 Å². The lowest BCUT2D eigenvalue weighted by Crippen LogP contribution is -2.28. The molecule has 4 nitrogen and oxygen atoms in total. The molecule has 5 heteroatoms. The molecule has 0 aliphatic rings. The SMILES string of the molecule is CC(C)CCOCCNC(=O)c1ccc(F)cc1N. The molecule has 0 saturated heterocycles. The van der Waals surface area contributed by atoms with Gasteiger partial charge in [0.05, 0.1) is 12.2 Å². The van der Waals surface area contributed by atoms with Crippen molar-refractivity contribution in [3.8, 4) is 0 Å². The van der Waals surface area contributed by atoms with Crippen LogP contribution in [0.4, 0.5) is 10.1 Å². The van der Waals surface area contributed by atoms with Crippen LogP contribution in [0.25, 0.3) is 0 Å². The summed E-state index contributed by atoms with van der Waals surface area (Å²) in [6.45, 7) is 5.81. The second-order valence-electron chi connectivity index (χ2n) is 4.78. The van der Waals surface area contributed by atoms with E-state index < -0.39 is 5.82 Å². The molecule has 0 bridgehead atoms. The van der Waals surface area contributed by atoms with E-state index in [1.165, 1.54) is 12.1 Å². The number of carbonyl (C=O) groups is 1. The normalized spacial score (nSPS) is 10.7. The lowest BCUT2D eigenvalue weighted by molar-refractivity contribution is 0.0906. The maximum atomic E-state index is 12.8. The summed E-state index contributed by atoms with van der Waals surface area (Å²) in [5.74, 6) is -0.162. The largest absolute Gasteiger partial charge is 0.398 e. The first-order valence-corrected chi connectivity index (χ1v) is 6.41. The van der Waals surface area contributed by atoms with Gasteiger partial charge in [-0.05, 0) is 30.5 Å². The second kappa shape index (κ2) is 7.74. The van der Waals surface area contributed by atoms with Gasteiger partial charge in [-0.15, -0.1) is 0 Å². The summed E-state index contributed by atoms with van der Waals surface area (Å²) in [5.41, 5.74) is 5.99. The lowest BCUT2D eigenvalue weighted by atomic mass is 10.1. The van der Waals surface area contributed by atoms with E-state index in [1.54, 1.807) is 0 Å². The van der Waals surface area contributed by atoms with Gasteiger partial charge < -0.3 is 15.8 Å². The van der Waals surface area contributed by atoms with Crippen LogP contribution in [0.1, 0.15) is 30.6 Å². The van der Waals surface area contributed by atoms with Crippen molar-refractivity contribution in [1.82, 2.24) is 5.32 Å². The Morgan fingerprint density at radius 2 is 2.16 bits per heavy atom. The molecule has 0 aliphatic heterocycles. The minimum Gasteiger partial charge on any atom is -0.398 e.